The molecule has 1 N–H and O–H groups in total. The van der Waals surface area contributed by atoms with Crippen molar-refractivity contribution in [1.82, 2.24) is 4.90 Å². The number of piperidine rings is 1. The number of halogens is 1. The van der Waals surface area contributed by atoms with E-state index >= 15 is 0 Å². The molecule has 0 bridgehead atoms. The number of furan rings is 1. The molecule has 152 valence electrons. The number of likely N-dealkylation sites (tertiary alicyclic amines) is 1. The van der Waals surface area contributed by atoms with Crippen LogP contribution in [0, 0.1) is 0 Å². The number of hydrogen-bond donors (Lipinski definition) is 1. The number of benzene rings is 2. The van der Waals surface area contributed by atoms with Gasteiger partial charge in [-0.2, -0.15) is 0 Å². The maximum absolute atomic E-state index is 13.6. The number of nitrogens with zero attached hydrogens (tertiary/aromatic N) is 2. The van der Waals surface area contributed by atoms with Crippen molar-refractivity contribution in [3.05, 3.63) is 83.3 Å². The molecule has 0 aliphatic carbocycles. The molecule has 2 aliphatic heterocycles. The Balaban J connectivity index is 1.50. The van der Waals surface area contributed by atoms with E-state index in [1.54, 1.807) is 28.0 Å². The Labute approximate surface area is 179 Å². The normalized spacial score (nSPS) is 17.6. The largest absolute Gasteiger partial charge is 0.472 e. The van der Waals surface area contributed by atoms with Gasteiger partial charge in [0.05, 0.1) is 17.4 Å². The number of nitrogens with one attached hydrogen (secondary N) is 1. The summed E-state index contributed by atoms with van der Waals surface area (Å²) in [5.74, 6) is -0.128. The minimum atomic E-state index is -0.636. The predicted molar refractivity (Wildman–Crippen MR) is 115 cm³/mol. The van der Waals surface area contributed by atoms with E-state index in [-0.39, 0.29) is 11.8 Å². The van der Waals surface area contributed by atoms with Crippen LogP contribution in [0.15, 0.2) is 71.5 Å². The molecule has 1 spiro atoms. The van der Waals surface area contributed by atoms with Gasteiger partial charge in [-0.15, -0.1) is 0 Å². The minimum absolute atomic E-state index is 0.0598. The molecule has 2 aliphatic rings. The van der Waals surface area contributed by atoms with E-state index in [4.69, 9.17) is 16.0 Å². The first-order valence-electron chi connectivity index (χ1n) is 9.86. The van der Waals surface area contributed by atoms with Crippen molar-refractivity contribution in [2.24, 2.45) is 0 Å². The van der Waals surface area contributed by atoms with E-state index < -0.39 is 5.66 Å². The highest BCUT2D eigenvalue weighted by Crippen LogP contribution is 2.41. The van der Waals surface area contributed by atoms with Gasteiger partial charge in [0.1, 0.15) is 11.9 Å². The first-order chi connectivity index (χ1) is 14.6. The molecule has 3 heterocycles. The Morgan fingerprint density at radius 3 is 2.60 bits per heavy atom. The summed E-state index contributed by atoms with van der Waals surface area (Å²) in [5.41, 5.74) is 2.08. The predicted octanol–water partition coefficient (Wildman–Crippen LogP) is 4.64. The van der Waals surface area contributed by atoms with Crippen LogP contribution in [0.5, 0.6) is 0 Å². The Bertz CT molecular complexity index is 1100. The summed E-state index contributed by atoms with van der Waals surface area (Å²) in [4.78, 5) is 29.9. The number of anilines is 2. The SMILES string of the molecule is O=C(c1ccoc1)N1CCC2(CC1)Nc1ccccc1C(=O)N2c1cccc(Cl)c1. The van der Waals surface area contributed by atoms with Gasteiger partial charge in [-0.3, -0.25) is 14.5 Å². The van der Waals surface area contributed by atoms with Crippen LogP contribution in [0.1, 0.15) is 33.6 Å². The number of hydrogen-bond acceptors (Lipinski definition) is 4. The molecule has 2 amide bonds. The molecule has 6 nitrogen and oxygen atoms in total. The van der Waals surface area contributed by atoms with Gasteiger partial charge in [0.2, 0.25) is 0 Å². The number of carbonyl (C=O) groups excluding carboxylic acids is 2. The van der Waals surface area contributed by atoms with Crippen molar-refractivity contribution in [2.75, 3.05) is 23.3 Å². The number of rotatable bonds is 2. The Morgan fingerprint density at radius 1 is 1.07 bits per heavy atom. The van der Waals surface area contributed by atoms with E-state index in [0.717, 1.165) is 11.4 Å². The van der Waals surface area contributed by atoms with Crippen molar-refractivity contribution in [1.29, 1.82) is 0 Å². The zero-order valence-corrected chi connectivity index (χ0v) is 16.9. The lowest BCUT2D eigenvalue weighted by Crippen LogP contribution is -2.65. The van der Waals surface area contributed by atoms with Crippen molar-refractivity contribution < 1.29 is 14.0 Å². The zero-order chi connectivity index (χ0) is 20.7. The molecule has 0 unspecified atom stereocenters. The molecular formula is C23H20ClN3O3. The fourth-order valence-electron chi connectivity index (χ4n) is 4.38. The summed E-state index contributed by atoms with van der Waals surface area (Å²) in [6.45, 7) is 1.03. The molecule has 0 saturated carbocycles. The lowest BCUT2D eigenvalue weighted by Gasteiger charge is -2.52. The average molecular weight is 422 g/mol. The van der Waals surface area contributed by atoms with Gasteiger partial charge < -0.3 is 14.6 Å². The van der Waals surface area contributed by atoms with E-state index in [1.807, 2.05) is 36.4 Å². The van der Waals surface area contributed by atoms with Gasteiger partial charge in [0.25, 0.3) is 11.8 Å². The highest BCUT2D eigenvalue weighted by atomic mass is 35.5. The van der Waals surface area contributed by atoms with Gasteiger partial charge in [0.15, 0.2) is 0 Å². The van der Waals surface area contributed by atoms with Crippen LogP contribution in [-0.4, -0.2) is 35.5 Å². The monoisotopic (exact) mass is 421 g/mol. The van der Waals surface area contributed by atoms with Crippen LogP contribution < -0.4 is 10.2 Å². The summed E-state index contributed by atoms with van der Waals surface area (Å²) in [6.07, 6.45) is 4.13. The Hall–Kier alpha value is -3.25. The van der Waals surface area contributed by atoms with Crippen molar-refractivity contribution >= 4 is 34.8 Å². The van der Waals surface area contributed by atoms with Crippen LogP contribution in [0.4, 0.5) is 11.4 Å². The summed E-state index contributed by atoms with van der Waals surface area (Å²) >= 11 is 6.24. The maximum Gasteiger partial charge on any atom is 0.262 e. The molecular weight excluding hydrogens is 402 g/mol. The van der Waals surface area contributed by atoms with E-state index in [9.17, 15) is 9.59 Å². The molecule has 7 heteroatoms. The molecule has 2 aromatic carbocycles. The van der Waals surface area contributed by atoms with Crippen LogP contribution in [0.2, 0.25) is 5.02 Å². The number of fused-ring (bicyclic) bond motifs is 1. The molecule has 1 saturated heterocycles. The van der Waals surface area contributed by atoms with Crippen molar-refractivity contribution in [2.45, 2.75) is 18.5 Å². The number of carbonyl (C=O) groups is 2. The van der Waals surface area contributed by atoms with Gasteiger partial charge in [-0.05, 0) is 36.4 Å². The third-order valence-corrected chi connectivity index (χ3v) is 6.10. The highest BCUT2D eigenvalue weighted by molar-refractivity contribution is 6.31. The lowest BCUT2D eigenvalue weighted by molar-refractivity contribution is 0.0668. The van der Waals surface area contributed by atoms with Crippen LogP contribution in [0.3, 0.4) is 0 Å². The standard InChI is InChI=1S/C23H20ClN3O3/c24-17-4-3-5-18(14-17)27-22(29)19-6-1-2-7-20(19)25-23(27)9-11-26(12-10-23)21(28)16-8-13-30-15-16/h1-8,13-15,25H,9-12H2. The molecule has 30 heavy (non-hydrogen) atoms. The first kappa shape index (κ1) is 18.8. The third kappa shape index (κ3) is 3.04. The molecule has 0 atom stereocenters. The van der Waals surface area contributed by atoms with Crippen molar-refractivity contribution in [3.8, 4) is 0 Å². The van der Waals surface area contributed by atoms with Gasteiger partial charge in [-0.25, -0.2) is 0 Å². The Kier molecular flexibility index (Phi) is 4.51. The third-order valence-electron chi connectivity index (χ3n) is 5.87. The van der Waals surface area contributed by atoms with Crippen LogP contribution >= 0.6 is 11.6 Å². The second-order valence-corrected chi connectivity index (χ2v) is 8.06. The molecule has 3 aromatic rings. The average Bonchev–Trinajstić information content (AvgIpc) is 3.29. The fourth-order valence-corrected chi connectivity index (χ4v) is 4.56. The molecule has 0 radical (unpaired) electrons. The van der Waals surface area contributed by atoms with Gasteiger partial charge >= 0.3 is 0 Å². The smallest absolute Gasteiger partial charge is 0.262 e. The van der Waals surface area contributed by atoms with Gasteiger partial charge in [0, 0.05) is 42.3 Å². The minimum Gasteiger partial charge on any atom is -0.472 e. The summed E-state index contributed by atoms with van der Waals surface area (Å²) in [6, 6.07) is 16.5. The van der Waals surface area contributed by atoms with E-state index in [0.29, 0.717) is 42.1 Å². The summed E-state index contributed by atoms with van der Waals surface area (Å²) < 4.78 is 5.05. The highest BCUT2D eigenvalue weighted by Gasteiger charge is 2.48. The quantitative estimate of drug-likeness (QED) is 0.654. The number of para-hydroxylation sites is 1. The van der Waals surface area contributed by atoms with E-state index in [2.05, 4.69) is 5.32 Å². The first-order valence-corrected chi connectivity index (χ1v) is 10.2. The molecule has 1 fully saturated rings. The molecule has 5 rings (SSSR count). The van der Waals surface area contributed by atoms with Crippen LogP contribution in [0.25, 0.3) is 0 Å². The second-order valence-electron chi connectivity index (χ2n) is 7.63. The topological polar surface area (TPSA) is 65.8 Å². The number of amides is 2. The van der Waals surface area contributed by atoms with Gasteiger partial charge in [-0.1, -0.05) is 29.8 Å². The maximum atomic E-state index is 13.6. The van der Waals surface area contributed by atoms with Crippen molar-refractivity contribution in [3.63, 3.8) is 0 Å². The Morgan fingerprint density at radius 2 is 1.87 bits per heavy atom. The zero-order valence-electron chi connectivity index (χ0n) is 16.2. The summed E-state index contributed by atoms with van der Waals surface area (Å²) in [7, 11) is 0. The fraction of sp³-hybridized carbons (Fsp3) is 0.217. The second kappa shape index (κ2) is 7.22. The summed E-state index contributed by atoms with van der Waals surface area (Å²) in [5, 5.41) is 4.18. The van der Waals surface area contributed by atoms with E-state index in [1.165, 1.54) is 12.5 Å². The molecule has 1 aromatic heterocycles. The lowest BCUT2D eigenvalue weighted by atomic mass is 9.89. The van der Waals surface area contributed by atoms with Crippen LogP contribution in [-0.2, 0) is 0 Å².